The molecule has 0 aromatic heterocycles. The van der Waals surface area contributed by atoms with Crippen molar-refractivity contribution in [2.75, 3.05) is 32.1 Å². The van der Waals surface area contributed by atoms with Crippen molar-refractivity contribution < 1.29 is 18.0 Å². The molecule has 0 spiro atoms. The molecular weight excluding hydrogens is 352 g/mol. The molecule has 26 heavy (non-hydrogen) atoms. The maximum Gasteiger partial charge on any atom is 0.253 e. The first-order valence-corrected chi connectivity index (χ1v) is 10.6. The Morgan fingerprint density at radius 1 is 1.23 bits per heavy atom. The lowest BCUT2D eigenvalue weighted by Crippen LogP contribution is -2.22. The van der Waals surface area contributed by atoms with E-state index in [-0.39, 0.29) is 23.5 Å². The van der Waals surface area contributed by atoms with E-state index in [1.54, 1.807) is 44.4 Å². The standard InChI is InChI=1S/C19H26N2O4S/c1-21(2)19(23)17-8-5-15(6-9-17)7-10-18(22)20-12-3-4-16-11-13-26(24,25)14-16/h5-10,16H,3-4,11-14H2,1-2H3,(H,20,22)/b10-7+. The van der Waals surface area contributed by atoms with Gasteiger partial charge >= 0.3 is 0 Å². The largest absolute Gasteiger partial charge is 0.353 e. The van der Waals surface area contributed by atoms with Crippen molar-refractivity contribution in [1.29, 1.82) is 0 Å². The monoisotopic (exact) mass is 378 g/mol. The fourth-order valence-electron chi connectivity index (χ4n) is 2.93. The van der Waals surface area contributed by atoms with Crippen LogP contribution in [0.15, 0.2) is 30.3 Å². The minimum atomic E-state index is -2.82. The third kappa shape index (κ3) is 6.29. The molecule has 2 amide bonds. The summed E-state index contributed by atoms with van der Waals surface area (Å²) >= 11 is 0. The molecule has 7 heteroatoms. The maximum atomic E-state index is 11.8. The molecule has 1 unspecified atom stereocenters. The number of carbonyl (C=O) groups excluding carboxylic acids is 2. The van der Waals surface area contributed by atoms with Gasteiger partial charge in [0, 0.05) is 32.3 Å². The Balaban J connectivity index is 1.71. The number of amides is 2. The van der Waals surface area contributed by atoms with Crippen LogP contribution >= 0.6 is 0 Å². The predicted molar refractivity (Wildman–Crippen MR) is 102 cm³/mol. The zero-order chi connectivity index (χ0) is 19.2. The van der Waals surface area contributed by atoms with Crippen molar-refractivity contribution in [3.05, 3.63) is 41.5 Å². The minimum absolute atomic E-state index is 0.0617. The number of rotatable bonds is 7. The zero-order valence-corrected chi connectivity index (χ0v) is 16.1. The third-order valence-corrected chi connectivity index (χ3v) is 6.24. The fraction of sp³-hybridized carbons (Fsp3) is 0.474. The molecule has 142 valence electrons. The van der Waals surface area contributed by atoms with Gasteiger partial charge in [-0.25, -0.2) is 8.42 Å². The molecule has 2 rings (SSSR count). The Bertz CT molecular complexity index is 767. The maximum absolute atomic E-state index is 11.8. The molecule has 1 aromatic carbocycles. The lowest BCUT2D eigenvalue weighted by Gasteiger charge is -2.09. The van der Waals surface area contributed by atoms with Crippen LogP contribution in [-0.4, -0.2) is 57.3 Å². The van der Waals surface area contributed by atoms with Crippen LogP contribution < -0.4 is 5.32 Å². The molecule has 1 aromatic rings. The summed E-state index contributed by atoms with van der Waals surface area (Å²) in [5, 5.41) is 2.81. The summed E-state index contributed by atoms with van der Waals surface area (Å²) in [6.07, 6.45) is 5.50. The number of hydrogen-bond acceptors (Lipinski definition) is 4. The summed E-state index contributed by atoms with van der Waals surface area (Å²) < 4.78 is 22.8. The molecule has 1 fully saturated rings. The normalized spacial score (nSPS) is 18.8. The van der Waals surface area contributed by atoms with Crippen molar-refractivity contribution in [2.24, 2.45) is 5.92 Å². The van der Waals surface area contributed by atoms with Crippen molar-refractivity contribution in [1.82, 2.24) is 10.2 Å². The first-order valence-electron chi connectivity index (χ1n) is 8.75. The summed E-state index contributed by atoms with van der Waals surface area (Å²) in [6.45, 7) is 0.538. The highest BCUT2D eigenvalue weighted by Crippen LogP contribution is 2.22. The predicted octanol–water partition coefficient (Wildman–Crippen LogP) is 1.73. The molecule has 1 atom stereocenters. The topological polar surface area (TPSA) is 83.6 Å². The highest BCUT2D eigenvalue weighted by molar-refractivity contribution is 7.91. The van der Waals surface area contributed by atoms with Gasteiger partial charge in [-0.15, -0.1) is 0 Å². The second-order valence-electron chi connectivity index (χ2n) is 6.86. The Kier molecular flexibility index (Phi) is 6.97. The van der Waals surface area contributed by atoms with E-state index in [1.165, 1.54) is 11.0 Å². The van der Waals surface area contributed by atoms with Crippen LogP contribution in [0.4, 0.5) is 0 Å². The molecule has 1 aliphatic heterocycles. The Hall–Kier alpha value is -2.15. The van der Waals surface area contributed by atoms with Gasteiger partial charge in [0.1, 0.15) is 0 Å². The zero-order valence-electron chi connectivity index (χ0n) is 15.3. The van der Waals surface area contributed by atoms with Gasteiger partial charge in [-0.3, -0.25) is 9.59 Å². The third-order valence-electron chi connectivity index (χ3n) is 4.41. The lowest BCUT2D eigenvalue weighted by atomic mass is 10.0. The van der Waals surface area contributed by atoms with E-state index in [4.69, 9.17) is 0 Å². The fourth-order valence-corrected chi connectivity index (χ4v) is 4.84. The van der Waals surface area contributed by atoms with Crippen LogP contribution in [0.5, 0.6) is 0 Å². The number of hydrogen-bond donors (Lipinski definition) is 1. The Labute approximate surface area is 155 Å². The van der Waals surface area contributed by atoms with Gasteiger partial charge in [-0.2, -0.15) is 0 Å². The summed E-state index contributed by atoms with van der Waals surface area (Å²) in [7, 11) is 0.577. The molecule has 1 aliphatic rings. The smallest absolute Gasteiger partial charge is 0.253 e. The van der Waals surface area contributed by atoms with E-state index in [0.717, 1.165) is 24.8 Å². The van der Waals surface area contributed by atoms with Gasteiger partial charge in [0.25, 0.3) is 5.91 Å². The first-order chi connectivity index (χ1) is 12.3. The number of carbonyl (C=O) groups is 2. The van der Waals surface area contributed by atoms with Gasteiger partial charge in [-0.05, 0) is 49.0 Å². The van der Waals surface area contributed by atoms with Crippen molar-refractivity contribution in [2.45, 2.75) is 19.3 Å². The number of nitrogens with zero attached hydrogens (tertiary/aromatic N) is 1. The molecule has 0 saturated carbocycles. The molecule has 0 bridgehead atoms. The summed E-state index contributed by atoms with van der Waals surface area (Å²) in [5.41, 5.74) is 1.44. The van der Waals surface area contributed by atoms with Gasteiger partial charge < -0.3 is 10.2 Å². The second kappa shape index (κ2) is 8.98. The summed E-state index contributed by atoms with van der Waals surface area (Å²) in [4.78, 5) is 25.1. The molecule has 1 N–H and O–H groups in total. The lowest BCUT2D eigenvalue weighted by molar-refractivity contribution is -0.116. The van der Waals surface area contributed by atoms with Crippen molar-refractivity contribution >= 4 is 27.7 Å². The first kappa shape index (κ1) is 20.2. The van der Waals surface area contributed by atoms with E-state index in [1.807, 2.05) is 0 Å². The Morgan fingerprint density at radius 3 is 2.50 bits per heavy atom. The van der Waals surface area contributed by atoms with E-state index in [9.17, 15) is 18.0 Å². The SMILES string of the molecule is CN(C)C(=O)c1ccc(/C=C/C(=O)NCCCC2CCS(=O)(=O)C2)cc1. The quantitative estimate of drug-likeness (QED) is 0.579. The summed E-state index contributed by atoms with van der Waals surface area (Å²) in [5.74, 6) is 0.570. The van der Waals surface area contributed by atoms with Gasteiger partial charge in [0.05, 0.1) is 11.5 Å². The van der Waals surface area contributed by atoms with Gasteiger partial charge in [0.2, 0.25) is 5.91 Å². The van der Waals surface area contributed by atoms with Crippen molar-refractivity contribution in [3.63, 3.8) is 0 Å². The van der Waals surface area contributed by atoms with E-state index >= 15 is 0 Å². The highest BCUT2D eigenvalue weighted by Gasteiger charge is 2.27. The molecule has 1 saturated heterocycles. The second-order valence-corrected chi connectivity index (χ2v) is 9.09. The summed E-state index contributed by atoms with van der Waals surface area (Å²) in [6, 6.07) is 7.05. The van der Waals surface area contributed by atoms with Crippen LogP contribution in [0.2, 0.25) is 0 Å². The van der Waals surface area contributed by atoms with Crippen LogP contribution in [0.3, 0.4) is 0 Å². The number of benzene rings is 1. The molecule has 1 heterocycles. The van der Waals surface area contributed by atoms with E-state index in [0.29, 0.717) is 17.9 Å². The minimum Gasteiger partial charge on any atom is -0.353 e. The highest BCUT2D eigenvalue weighted by atomic mass is 32.2. The molecule has 0 radical (unpaired) electrons. The Morgan fingerprint density at radius 2 is 1.92 bits per heavy atom. The van der Waals surface area contributed by atoms with Crippen LogP contribution in [-0.2, 0) is 14.6 Å². The van der Waals surface area contributed by atoms with Crippen LogP contribution in [0.25, 0.3) is 6.08 Å². The number of nitrogens with one attached hydrogen (secondary N) is 1. The van der Waals surface area contributed by atoms with Gasteiger partial charge in [-0.1, -0.05) is 12.1 Å². The van der Waals surface area contributed by atoms with Crippen LogP contribution in [0.1, 0.15) is 35.2 Å². The van der Waals surface area contributed by atoms with Crippen LogP contribution in [0, 0.1) is 5.92 Å². The van der Waals surface area contributed by atoms with Gasteiger partial charge in [0.15, 0.2) is 9.84 Å². The molecule has 6 nitrogen and oxygen atoms in total. The van der Waals surface area contributed by atoms with Crippen molar-refractivity contribution in [3.8, 4) is 0 Å². The average molecular weight is 378 g/mol. The molecule has 0 aliphatic carbocycles. The average Bonchev–Trinajstić information content (AvgIpc) is 2.95. The van der Waals surface area contributed by atoms with E-state index < -0.39 is 9.84 Å². The van der Waals surface area contributed by atoms with E-state index in [2.05, 4.69) is 5.32 Å². The molecular formula is C19H26N2O4S. The number of sulfone groups is 1.